The molecule has 0 amide bonds. The highest BCUT2D eigenvalue weighted by Crippen LogP contribution is 2.49. The number of aliphatic hydroxyl groups is 6. The Morgan fingerprint density at radius 2 is 1.80 bits per heavy atom. The third-order valence-electron chi connectivity index (χ3n) is 6.67. The van der Waals surface area contributed by atoms with E-state index in [9.17, 15) is 35.4 Å². The summed E-state index contributed by atoms with van der Waals surface area (Å²) in [5.74, 6) is -1.88. The molecule has 2 fully saturated rings. The van der Waals surface area contributed by atoms with Gasteiger partial charge in [-0.2, -0.15) is 0 Å². The van der Waals surface area contributed by atoms with Crippen molar-refractivity contribution in [3.63, 3.8) is 0 Å². The Morgan fingerprint density at radius 1 is 1.09 bits per heavy atom. The van der Waals surface area contributed by atoms with Crippen LogP contribution in [0.5, 0.6) is 0 Å². The van der Waals surface area contributed by atoms with Crippen molar-refractivity contribution in [1.29, 1.82) is 0 Å². The smallest absolute Gasteiger partial charge is 0.330 e. The molecule has 11 heteroatoms. The Morgan fingerprint density at radius 3 is 2.51 bits per heavy atom. The summed E-state index contributed by atoms with van der Waals surface area (Å²) in [5.41, 5.74) is -2.68. The minimum absolute atomic E-state index is 0.160. The second-order valence-corrected chi connectivity index (χ2v) is 9.27. The molecule has 0 aromatic heterocycles. The summed E-state index contributed by atoms with van der Waals surface area (Å²) >= 11 is 0. The molecule has 1 saturated heterocycles. The minimum atomic E-state index is -1.86. The Labute approximate surface area is 201 Å². The maximum absolute atomic E-state index is 12.1. The maximum atomic E-state index is 12.1. The summed E-state index contributed by atoms with van der Waals surface area (Å²) < 4.78 is 21.7. The lowest BCUT2D eigenvalue weighted by atomic mass is 9.81. The number of hydrogen-bond donors (Lipinski definition) is 6. The van der Waals surface area contributed by atoms with Crippen LogP contribution in [0.3, 0.4) is 0 Å². The average molecular weight is 494 g/mol. The molecule has 10 atom stereocenters. The molecule has 0 bridgehead atoms. The Balaban J connectivity index is 1.41. The van der Waals surface area contributed by atoms with Crippen molar-refractivity contribution < 1.29 is 54.4 Å². The van der Waals surface area contributed by atoms with Crippen molar-refractivity contribution >= 4 is 12.0 Å². The fourth-order valence-corrected chi connectivity index (χ4v) is 4.77. The topological polar surface area (TPSA) is 175 Å². The lowest BCUT2D eigenvalue weighted by molar-refractivity contribution is -0.351. The molecule has 10 unspecified atom stereocenters. The number of hydrogen-bond acceptors (Lipinski definition) is 11. The fourth-order valence-electron chi connectivity index (χ4n) is 4.77. The van der Waals surface area contributed by atoms with Gasteiger partial charge in [0.25, 0.3) is 0 Å². The summed E-state index contributed by atoms with van der Waals surface area (Å²) in [6.45, 7) is 0.942. The first-order valence-electron chi connectivity index (χ1n) is 11.2. The SMILES string of the molecule is CC1(O)CC(O)C2(O)C=COC(OC3OC(COC(=O)C=Cc4ccccc4)C(O)C(O)C3O)C12. The van der Waals surface area contributed by atoms with E-state index in [1.807, 2.05) is 18.2 Å². The fraction of sp³-hybridized carbons (Fsp3) is 0.542. The highest BCUT2D eigenvalue weighted by molar-refractivity contribution is 5.87. The van der Waals surface area contributed by atoms with E-state index >= 15 is 0 Å². The first-order chi connectivity index (χ1) is 16.5. The molecule has 1 aliphatic carbocycles. The van der Waals surface area contributed by atoms with Crippen molar-refractivity contribution in [3.05, 3.63) is 54.3 Å². The molecular formula is C24H30O11. The van der Waals surface area contributed by atoms with Crippen LogP contribution in [-0.4, -0.2) is 97.5 Å². The highest BCUT2D eigenvalue weighted by Gasteiger charge is 2.64. The van der Waals surface area contributed by atoms with Crippen LogP contribution in [0.4, 0.5) is 0 Å². The molecule has 4 rings (SSSR count). The quantitative estimate of drug-likeness (QED) is 0.207. The third kappa shape index (κ3) is 5.13. The molecule has 1 saturated carbocycles. The van der Waals surface area contributed by atoms with E-state index in [0.29, 0.717) is 0 Å². The zero-order valence-corrected chi connectivity index (χ0v) is 19.0. The largest absolute Gasteiger partial charge is 0.472 e. The van der Waals surface area contributed by atoms with E-state index in [0.717, 1.165) is 11.8 Å². The number of fused-ring (bicyclic) bond motifs is 1. The zero-order chi connectivity index (χ0) is 25.4. The van der Waals surface area contributed by atoms with Crippen LogP contribution in [0.15, 0.2) is 48.7 Å². The molecule has 3 aliphatic rings. The van der Waals surface area contributed by atoms with Crippen LogP contribution in [0.25, 0.3) is 6.08 Å². The summed E-state index contributed by atoms with van der Waals surface area (Å²) in [7, 11) is 0. The van der Waals surface area contributed by atoms with E-state index in [4.69, 9.17) is 18.9 Å². The van der Waals surface area contributed by atoms with Crippen molar-refractivity contribution in [1.82, 2.24) is 0 Å². The van der Waals surface area contributed by atoms with Gasteiger partial charge >= 0.3 is 5.97 Å². The number of ether oxygens (including phenoxy) is 4. The predicted octanol–water partition coefficient (Wildman–Crippen LogP) is -1.20. The normalized spacial score (nSPS) is 43.1. The molecular weight excluding hydrogens is 464 g/mol. The lowest BCUT2D eigenvalue weighted by Gasteiger charge is -2.45. The number of benzene rings is 1. The second kappa shape index (κ2) is 9.96. The first kappa shape index (κ1) is 25.7. The summed E-state index contributed by atoms with van der Waals surface area (Å²) in [6.07, 6.45) is -5.67. The zero-order valence-electron chi connectivity index (χ0n) is 19.0. The van der Waals surface area contributed by atoms with Crippen LogP contribution in [0.1, 0.15) is 18.9 Å². The van der Waals surface area contributed by atoms with Crippen molar-refractivity contribution in [2.24, 2.45) is 5.92 Å². The van der Waals surface area contributed by atoms with Gasteiger partial charge in [0, 0.05) is 12.5 Å². The number of aliphatic hydroxyl groups excluding tert-OH is 4. The number of carbonyl (C=O) groups excluding carboxylic acids is 1. The van der Waals surface area contributed by atoms with Gasteiger partial charge in [0.2, 0.25) is 6.29 Å². The van der Waals surface area contributed by atoms with Crippen LogP contribution >= 0.6 is 0 Å². The van der Waals surface area contributed by atoms with E-state index in [-0.39, 0.29) is 6.42 Å². The summed E-state index contributed by atoms with van der Waals surface area (Å²) in [6, 6.07) is 9.04. The van der Waals surface area contributed by atoms with E-state index in [1.165, 1.54) is 19.1 Å². The molecule has 2 aliphatic heterocycles. The Hall–Kier alpha value is -2.35. The Kier molecular flexibility index (Phi) is 7.32. The third-order valence-corrected chi connectivity index (χ3v) is 6.67. The molecule has 6 N–H and O–H groups in total. The average Bonchev–Trinajstić information content (AvgIpc) is 3.01. The molecule has 0 spiro atoms. The van der Waals surface area contributed by atoms with Gasteiger partial charge in [-0.25, -0.2) is 4.79 Å². The Bertz CT molecular complexity index is 948. The monoisotopic (exact) mass is 494 g/mol. The molecule has 0 radical (unpaired) electrons. The second-order valence-electron chi connectivity index (χ2n) is 9.27. The predicted molar refractivity (Wildman–Crippen MR) is 118 cm³/mol. The van der Waals surface area contributed by atoms with Gasteiger partial charge < -0.3 is 49.6 Å². The maximum Gasteiger partial charge on any atom is 0.330 e. The molecule has 1 aromatic carbocycles. The van der Waals surface area contributed by atoms with Gasteiger partial charge in [-0.1, -0.05) is 30.3 Å². The molecule has 192 valence electrons. The van der Waals surface area contributed by atoms with Crippen molar-refractivity contribution in [3.8, 4) is 0 Å². The van der Waals surface area contributed by atoms with Crippen LogP contribution in [0, 0.1) is 5.92 Å². The van der Waals surface area contributed by atoms with E-state index < -0.39 is 72.8 Å². The van der Waals surface area contributed by atoms with Crippen molar-refractivity contribution in [2.45, 2.75) is 67.6 Å². The van der Waals surface area contributed by atoms with Gasteiger partial charge in [0.05, 0.1) is 23.9 Å². The number of carbonyl (C=O) groups is 1. The van der Waals surface area contributed by atoms with Crippen LogP contribution in [0.2, 0.25) is 0 Å². The van der Waals surface area contributed by atoms with Crippen LogP contribution < -0.4 is 0 Å². The van der Waals surface area contributed by atoms with Gasteiger partial charge in [-0.3, -0.25) is 0 Å². The van der Waals surface area contributed by atoms with E-state index in [1.54, 1.807) is 18.2 Å². The standard InChI is InChI=1S/C24H30O11/c1-23(30)11-15(25)24(31)9-10-32-22(20(23)24)35-21-19(29)18(28)17(27)14(34-21)12-33-16(26)8-7-13-5-3-2-4-6-13/h2-10,14-15,17-22,25,27-31H,11-12H2,1H3. The number of esters is 1. The van der Waals surface area contributed by atoms with Gasteiger partial charge in [0.1, 0.15) is 36.6 Å². The lowest BCUT2D eigenvalue weighted by Crippen LogP contribution is -2.62. The van der Waals surface area contributed by atoms with Crippen LogP contribution in [-0.2, 0) is 23.7 Å². The van der Waals surface area contributed by atoms with Gasteiger partial charge in [-0.15, -0.1) is 0 Å². The summed E-state index contributed by atoms with van der Waals surface area (Å²) in [4.78, 5) is 12.1. The minimum Gasteiger partial charge on any atom is -0.472 e. The summed E-state index contributed by atoms with van der Waals surface area (Å²) in [5, 5.41) is 62.9. The van der Waals surface area contributed by atoms with Gasteiger partial charge in [0.15, 0.2) is 6.29 Å². The van der Waals surface area contributed by atoms with Crippen molar-refractivity contribution in [2.75, 3.05) is 6.61 Å². The molecule has 1 aromatic rings. The molecule has 35 heavy (non-hydrogen) atoms. The first-order valence-corrected chi connectivity index (χ1v) is 11.2. The van der Waals surface area contributed by atoms with Gasteiger partial charge in [-0.05, 0) is 24.6 Å². The molecule has 11 nitrogen and oxygen atoms in total. The number of rotatable bonds is 6. The molecule has 2 heterocycles. The highest BCUT2D eigenvalue weighted by atomic mass is 16.8. The van der Waals surface area contributed by atoms with E-state index in [2.05, 4.69) is 0 Å².